The lowest BCUT2D eigenvalue weighted by molar-refractivity contribution is -0.143. The number of aliphatic hydroxyl groups excluding tert-OH is 2. The fourth-order valence-electron chi connectivity index (χ4n) is 10.6. The molecule has 438 valence electrons. The number of carbonyl (C=O) groups is 2. The first-order valence-corrected chi connectivity index (χ1v) is 33.6. The molecule has 0 aliphatic rings. The second kappa shape index (κ2) is 63.9. The summed E-state index contributed by atoms with van der Waals surface area (Å²) in [5.41, 5.74) is 0. The Labute approximate surface area is 462 Å². The van der Waals surface area contributed by atoms with Crippen LogP contribution < -0.4 is 5.32 Å². The highest BCUT2D eigenvalue weighted by molar-refractivity contribution is 5.76. The molecule has 0 spiro atoms. The van der Waals surface area contributed by atoms with Gasteiger partial charge in [0.05, 0.1) is 25.4 Å². The van der Waals surface area contributed by atoms with Gasteiger partial charge >= 0.3 is 5.97 Å². The molecular formula is C68H131NO5. The molecule has 6 heteroatoms. The van der Waals surface area contributed by atoms with Gasteiger partial charge in [-0.3, -0.25) is 9.59 Å². The smallest absolute Gasteiger partial charge is 0.305 e. The highest BCUT2D eigenvalue weighted by Crippen LogP contribution is 2.18. The van der Waals surface area contributed by atoms with Crippen LogP contribution >= 0.6 is 0 Å². The molecule has 74 heavy (non-hydrogen) atoms. The summed E-state index contributed by atoms with van der Waals surface area (Å²) in [7, 11) is 0. The zero-order chi connectivity index (χ0) is 53.6. The van der Waals surface area contributed by atoms with Gasteiger partial charge in [0, 0.05) is 12.8 Å². The lowest BCUT2D eigenvalue weighted by atomic mass is 10.0. The van der Waals surface area contributed by atoms with Crippen LogP contribution in [0.5, 0.6) is 0 Å². The molecule has 0 aliphatic heterocycles. The maximum atomic E-state index is 12.5. The number of amides is 1. The van der Waals surface area contributed by atoms with Gasteiger partial charge in [0.2, 0.25) is 5.91 Å². The number of rotatable bonds is 63. The molecular weight excluding hydrogens is 911 g/mol. The molecule has 2 atom stereocenters. The normalized spacial score (nSPS) is 12.6. The minimum Gasteiger partial charge on any atom is -0.466 e. The number of nitrogens with one attached hydrogen (secondary N) is 1. The largest absolute Gasteiger partial charge is 0.466 e. The van der Waals surface area contributed by atoms with E-state index < -0.39 is 12.1 Å². The Morgan fingerprint density at radius 1 is 0.365 bits per heavy atom. The second-order valence-electron chi connectivity index (χ2n) is 23.2. The first-order valence-electron chi connectivity index (χ1n) is 33.6. The Kier molecular flexibility index (Phi) is 62.4. The van der Waals surface area contributed by atoms with Crippen LogP contribution in [0.4, 0.5) is 0 Å². The van der Waals surface area contributed by atoms with E-state index in [-0.39, 0.29) is 18.5 Å². The molecule has 0 aliphatic carbocycles. The predicted octanol–water partition coefficient (Wildman–Crippen LogP) is 21.4. The standard InChI is InChI=1S/C68H131NO5/c1-3-5-7-9-11-13-15-17-19-20-21-22-24-27-30-33-36-40-44-48-52-56-60-66(71)65(64-70)69-67(72)61-57-53-49-45-41-37-34-31-28-25-23-26-29-32-35-39-43-47-51-55-59-63-74-68(73)62-58-54-50-46-42-38-18-16-14-12-10-8-6-4-2/h25,28,56,60,65-66,70-71H,3-24,26-27,29-55,57-59,61-64H2,1-2H3,(H,69,72)/b28-25-,60-56+. The molecule has 1 amide bonds. The molecule has 0 heterocycles. The van der Waals surface area contributed by atoms with Crippen molar-refractivity contribution in [2.75, 3.05) is 13.2 Å². The van der Waals surface area contributed by atoms with Crippen LogP contribution in [-0.2, 0) is 14.3 Å². The topological polar surface area (TPSA) is 95.9 Å². The van der Waals surface area contributed by atoms with Crippen LogP contribution in [-0.4, -0.2) is 47.4 Å². The van der Waals surface area contributed by atoms with E-state index >= 15 is 0 Å². The summed E-state index contributed by atoms with van der Waals surface area (Å²) < 4.78 is 5.49. The van der Waals surface area contributed by atoms with Crippen LogP contribution in [0.3, 0.4) is 0 Å². The van der Waals surface area contributed by atoms with E-state index in [9.17, 15) is 19.8 Å². The van der Waals surface area contributed by atoms with Crippen molar-refractivity contribution in [2.24, 2.45) is 0 Å². The zero-order valence-electron chi connectivity index (χ0n) is 50.1. The highest BCUT2D eigenvalue weighted by atomic mass is 16.5. The average molecular weight is 1040 g/mol. The van der Waals surface area contributed by atoms with Gasteiger partial charge < -0.3 is 20.3 Å². The van der Waals surface area contributed by atoms with E-state index in [4.69, 9.17) is 4.74 Å². The van der Waals surface area contributed by atoms with Crippen molar-refractivity contribution in [1.29, 1.82) is 0 Å². The van der Waals surface area contributed by atoms with E-state index in [0.717, 1.165) is 44.9 Å². The predicted molar refractivity (Wildman–Crippen MR) is 324 cm³/mol. The first-order chi connectivity index (χ1) is 36.5. The van der Waals surface area contributed by atoms with E-state index in [1.54, 1.807) is 6.08 Å². The van der Waals surface area contributed by atoms with Gasteiger partial charge in [0.1, 0.15) is 0 Å². The third-order valence-corrected chi connectivity index (χ3v) is 15.7. The van der Waals surface area contributed by atoms with Crippen LogP contribution in [0.2, 0.25) is 0 Å². The lowest BCUT2D eigenvalue weighted by Gasteiger charge is -2.20. The summed E-state index contributed by atoms with van der Waals surface area (Å²) in [5.74, 6) is -0.0614. The minimum atomic E-state index is -0.850. The Balaban J connectivity index is 3.45. The molecule has 0 saturated heterocycles. The number of allylic oxidation sites excluding steroid dienone is 3. The molecule has 2 unspecified atom stereocenters. The fourth-order valence-corrected chi connectivity index (χ4v) is 10.6. The number of esters is 1. The second-order valence-corrected chi connectivity index (χ2v) is 23.2. The van der Waals surface area contributed by atoms with Gasteiger partial charge in [-0.15, -0.1) is 0 Å². The van der Waals surface area contributed by atoms with Crippen LogP contribution in [0, 0.1) is 0 Å². The third-order valence-electron chi connectivity index (χ3n) is 15.7. The van der Waals surface area contributed by atoms with Gasteiger partial charge in [-0.05, 0) is 57.8 Å². The molecule has 6 nitrogen and oxygen atoms in total. The van der Waals surface area contributed by atoms with Crippen LogP contribution in [0.15, 0.2) is 24.3 Å². The summed E-state index contributed by atoms with van der Waals surface area (Å²) in [4.78, 5) is 24.6. The van der Waals surface area contributed by atoms with Gasteiger partial charge in [0.15, 0.2) is 0 Å². The molecule has 0 bridgehead atoms. The van der Waals surface area contributed by atoms with Crippen molar-refractivity contribution >= 4 is 11.9 Å². The molecule has 0 aromatic rings. The van der Waals surface area contributed by atoms with E-state index in [1.165, 1.54) is 302 Å². The summed E-state index contributed by atoms with van der Waals surface area (Å²) in [5, 5.41) is 23.2. The Morgan fingerprint density at radius 2 is 0.635 bits per heavy atom. The highest BCUT2D eigenvalue weighted by Gasteiger charge is 2.18. The number of hydrogen-bond acceptors (Lipinski definition) is 5. The Hall–Kier alpha value is -1.66. The van der Waals surface area contributed by atoms with Crippen molar-refractivity contribution in [3.8, 4) is 0 Å². The Bertz CT molecular complexity index is 1150. The summed E-state index contributed by atoms with van der Waals surface area (Å²) >= 11 is 0. The summed E-state index contributed by atoms with van der Waals surface area (Å²) in [6.45, 7) is 4.93. The average Bonchev–Trinajstić information content (AvgIpc) is 3.40. The van der Waals surface area contributed by atoms with Crippen molar-refractivity contribution in [3.05, 3.63) is 24.3 Å². The first kappa shape index (κ1) is 72.3. The minimum absolute atomic E-state index is 0.0106. The van der Waals surface area contributed by atoms with Gasteiger partial charge in [-0.1, -0.05) is 327 Å². The molecule has 0 aromatic heterocycles. The van der Waals surface area contributed by atoms with Crippen molar-refractivity contribution in [3.63, 3.8) is 0 Å². The van der Waals surface area contributed by atoms with Crippen LogP contribution in [0.25, 0.3) is 0 Å². The summed E-state index contributed by atoms with van der Waals surface area (Å²) in [6.07, 6.45) is 79.5. The fraction of sp³-hybridized carbons (Fsp3) is 0.912. The number of hydrogen-bond donors (Lipinski definition) is 3. The molecule has 0 saturated carbocycles. The number of unbranched alkanes of at least 4 members (excludes halogenated alkanes) is 50. The van der Waals surface area contributed by atoms with Crippen molar-refractivity contribution in [2.45, 2.75) is 386 Å². The molecule has 0 aromatic carbocycles. The SMILES string of the molecule is CCCCCCCCCCCCCCCCCCCCCC/C=C/C(O)C(CO)NC(=O)CCCCCCCCC/C=C\CCCCCCCCCCCCOC(=O)CCCCCCCCCCCCCCCC. The van der Waals surface area contributed by atoms with Crippen LogP contribution in [0.1, 0.15) is 373 Å². The van der Waals surface area contributed by atoms with Crippen molar-refractivity contribution < 1.29 is 24.5 Å². The summed E-state index contributed by atoms with van der Waals surface area (Å²) in [6, 6.07) is -0.634. The maximum Gasteiger partial charge on any atom is 0.305 e. The van der Waals surface area contributed by atoms with Crippen molar-refractivity contribution in [1.82, 2.24) is 5.32 Å². The van der Waals surface area contributed by atoms with Gasteiger partial charge in [-0.25, -0.2) is 0 Å². The van der Waals surface area contributed by atoms with E-state index in [0.29, 0.717) is 19.4 Å². The number of ether oxygens (including phenoxy) is 1. The molecule has 0 rings (SSSR count). The van der Waals surface area contributed by atoms with E-state index in [2.05, 4.69) is 31.3 Å². The van der Waals surface area contributed by atoms with E-state index in [1.807, 2.05) is 6.08 Å². The number of aliphatic hydroxyl groups is 2. The van der Waals surface area contributed by atoms with Gasteiger partial charge in [0.25, 0.3) is 0 Å². The quantitative estimate of drug-likeness (QED) is 0.0320. The lowest BCUT2D eigenvalue weighted by Crippen LogP contribution is -2.45. The zero-order valence-corrected chi connectivity index (χ0v) is 50.1. The third kappa shape index (κ3) is 59.6. The Morgan fingerprint density at radius 3 is 0.959 bits per heavy atom. The maximum absolute atomic E-state index is 12.5. The molecule has 3 N–H and O–H groups in total. The van der Waals surface area contributed by atoms with Gasteiger partial charge in [-0.2, -0.15) is 0 Å². The number of carbonyl (C=O) groups excluding carboxylic acids is 2. The molecule has 0 radical (unpaired) electrons. The molecule has 0 fully saturated rings. The monoisotopic (exact) mass is 1040 g/mol.